The summed E-state index contributed by atoms with van der Waals surface area (Å²) in [7, 11) is 0. The van der Waals surface area contributed by atoms with Gasteiger partial charge in [0.1, 0.15) is 0 Å². The van der Waals surface area contributed by atoms with Gasteiger partial charge in [0.15, 0.2) is 12.2 Å². The molecule has 0 aromatic rings. The molecule has 0 radical (unpaired) electrons. The van der Waals surface area contributed by atoms with Gasteiger partial charge in [-0.15, -0.1) is 0 Å². The summed E-state index contributed by atoms with van der Waals surface area (Å²) < 4.78 is 22.0. The maximum Gasteiger partial charge on any atom is 0.338 e. The minimum atomic E-state index is -1.18. The van der Waals surface area contributed by atoms with Gasteiger partial charge in [0.05, 0.1) is 24.4 Å². The van der Waals surface area contributed by atoms with Crippen molar-refractivity contribution < 1.29 is 28.5 Å². The molecule has 0 aliphatic carbocycles. The van der Waals surface area contributed by atoms with Gasteiger partial charge >= 0.3 is 11.9 Å². The lowest BCUT2D eigenvalue weighted by molar-refractivity contribution is -0.206. The van der Waals surface area contributed by atoms with Gasteiger partial charge in [-0.3, -0.25) is 0 Å². The Morgan fingerprint density at radius 1 is 0.708 bits per heavy atom. The van der Waals surface area contributed by atoms with Crippen molar-refractivity contribution in [1.82, 2.24) is 0 Å². The smallest absolute Gasteiger partial charge is 0.338 e. The SMILES string of the molecule is CCCOC(=O)C(OC(C)(C)C)C(OC(C)(C)C)C(=O)OCCC. The highest BCUT2D eigenvalue weighted by Gasteiger charge is 2.42. The molecule has 0 N–H and O–H groups in total. The predicted octanol–water partition coefficient (Wildman–Crippen LogP) is 3.26. The summed E-state index contributed by atoms with van der Waals surface area (Å²) in [5.74, 6) is -1.23. The van der Waals surface area contributed by atoms with E-state index in [-0.39, 0.29) is 13.2 Å². The molecule has 0 aliphatic rings. The Labute approximate surface area is 146 Å². The van der Waals surface area contributed by atoms with Gasteiger partial charge in [-0.05, 0) is 54.4 Å². The first kappa shape index (κ1) is 22.9. The number of rotatable bonds is 9. The van der Waals surface area contributed by atoms with Crippen molar-refractivity contribution in [2.45, 2.75) is 91.6 Å². The van der Waals surface area contributed by atoms with E-state index in [1.807, 2.05) is 13.8 Å². The first-order valence-electron chi connectivity index (χ1n) is 8.60. The van der Waals surface area contributed by atoms with Gasteiger partial charge in [0.25, 0.3) is 0 Å². The molecule has 24 heavy (non-hydrogen) atoms. The fourth-order valence-electron chi connectivity index (χ4n) is 1.80. The van der Waals surface area contributed by atoms with Crippen molar-refractivity contribution in [3.8, 4) is 0 Å². The molecule has 142 valence electrons. The van der Waals surface area contributed by atoms with Crippen LogP contribution in [0.5, 0.6) is 0 Å². The van der Waals surface area contributed by atoms with E-state index in [9.17, 15) is 9.59 Å². The maximum absolute atomic E-state index is 12.5. The van der Waals surface area contributed by atoms with Crippen molar-refractivity contribution in [2.24, 2.45) is 0 Å². The Balaban J connectivity index is 5.50. The first-order chi connectivity index (χ1) is 10.9. The minimum absolute atomic E-state index is 0.259. The van der Waals surface area contributed by atoms with Crippen molar-refractivity contribution in [3.63, 3.8) is 0 Å². The maximum atomic E-state index is 12.5. The molecule has 0 bridgehead atoms. The van der Waals surface area contributed by atoms with Crippen LogP contribution >= 0.6 is 0 Å². The molecule has 6 nitrogen and oxygen atoms in total. The normalized spacial score (nSPS) is 14.8. The van der Waals surface area contributed by atoms with Crippen LogP contribution in [0.2, 0.25) is 0 Å². The molecule has 0 saturated heterocycles. The van der Waals surface area contributed by atoms with Gasteiger partial charge in [-0.1, -0.05) is 13.8 Å². The lowest BCUT2D eigenvalue weighted by Gasteiger charge is -2.34. The molecular formula is C18H34O6. The monoisotopic (exact) mass is 346 g/mol. The lowest BCUT2D eigenvalue weighted by Crippen LogP contribution is -2.51. The van der Waals surface area contributed by atoms with Crippen LogP contribution in [0.15, 0.2) is 0 Å². The molecule has 0 heterocycles. The van der Waals surface area contributed by atoms with Gasteiger partial charge in [0, 0.05) is 0 Å². The van der Waals surface area contributed by atoms with E-state index in [0.29, 0.717) is 12.8 Å². The second-order valence-corrected chi connectivity index (χ2v) is 7.64. The summed E-state index contributed by atoms with van der Waals surface area (Å²) in [5, 5.41) is 0. The first-order valence-corrected chi connectivity index (χ1v) is 8.60. The fraction of sp³-hybridized carbons (Fsp3) is 0.889. The third-order valence-corrected chi connectivity index (χ3v) is 2.60. The number of carbonyl (C=O) groups excluding carboxylic acids is 2. The Bertz CT molecular complexity index is 353. The summed E-state index contributed by atoms with van der Waals surface area (Å²) in [4.78, 5) is 24.9. The van der Waals surface area contributed by atoms with Crippen molar-refractivity contribution in [1.29, 1.82) is 0 Å². The molecule has 0 spiro atoms. The summed E-state index contributed by atoms with van der Waals surface area (Å²) in [5.41, 5.74) is -1.30. The van der Waals surface area contributed by atoms with E-state index in [1.165, 1.54) is 0 Å². The topological polar surface area (TPSA) is 71.1 Å². The summed E-state index contributed by atoms with van der Waals surface area (Å²) in [6.45, 7) is 15.1. The van der Waals surface area contributed by atoms with Gasteiger partial charge in [-0.2, -0.15) is 0 Å². The summed E-state index contributed by atoms with van der Waals surface area (Å²) in [6, 6.07) is 0. The van der Waals surface area contributed by atoms with Crippen LogP contribution in [0.3, 0.4) is 0 Å². The van der Waals surface area contributed by atoms with E-state index in [1.54, 1.807) is 41.5 Å². The van der Waals surface area contributed by atoms with Crippen LogP contribution in [0.25, 0.3) is 0 Å². The average molecular weight is 346 g/mol. The molecule has 0 rings (SSSR count). The van der Waals surface area contributed by atoms with Crippen molar-refractivity contribution in [2.75, 3.05) is 13.2 Å². The molecule has 6 heteroatoms. The van der Waals surface area contributed by atoms with Crippen LogP contribution < -0.4 is 0 Å². The van der Waals surface area contributed by atoms with E-state index in [0.717, 1.165) is 0 Å². The molecule has 2 atom stereocenters. The molecule has 0 aliphatic heterocycles. The summed E-state index contributed by atoms with van der Waals surface area (Å²) >= 11 is 0. The standard InChI is InChI=1S/C18H34O6/c1-9-11-21-15(19)13(23-17(3,4)5)14(24-18(6,7)8)16(20)22-12-10-2/h13-14H,9-12H2,1-8H3. The summed E-state index contributed by atoms with van der Waals surface area (Å²) in [6.07, 6.45) is -1.00. The lowest BCUT2D eigenvalue weighted by atomic mass is 10.1. The van der Waals surface area contributed by atoms with Crippen molar-refractivity contribution in [3.05, 3.63) is 0 Å². The third-order valence-electron chi connectivity index (χ3n) is 2.60. The zero-order valence-corrected chi connectivity index (χ0v) is 16.4. The van der Waals surface area contributed by atoms with Gasteiger partial charge in [0.2, 0.25) is 0 Å². The highest BCUT2D eigenvalue weighted by atomic mass is 16.6. The molecule has 2 unspecified atom stereocenters. The molecule has 0 amide bonds. The fourth-order valence-corrected chi connectivity index (χ4v) is 1.80. The number of esters is 2. The molecule has 0 saturated carbocycles. The van der Waals surface area contributed by atoms with Crippen LogP contribution in [-0.4, -0.2) is 48.6 Å². The van der Waals surface area contributed by atoms with Gasteiger partial charge < -0.3 is 18.9 Å². The predicted molar refractivity (Wildman–Crippen MR) is 91.8 cm³/mol. The number of carbonyl (C=O) groups is 2. The Kier molecular flexibility index (Phi) is 9.51. The van der Waals surface area contributed by atoms with E-state index >= 15 is 0 Å². The van der Waals surface area contributed by atoms with Crippen molar-refractivity contribution >= 4 is 11.9 Å². The highest BCUT2D eigenvalue weighted by molar-refractivity contribution is 5.85. The molecule has 0 aromatic heterocycles. The van der Waals surface area contributed by atoms with Gasteiger partial charge in [-0.25, -0.2) is 9.59 Å². The van der Waals surface area contributed by atoms with Crippen LogP contribution in [0.4, 0.5) is 0 Å². The van der Waals surface area contributed by atoms with Crippen LogP contribution in [0, 0.1) is 0 Å². The molecule has 0 fully saturated rings. The molecule has 0 aromatic carbocycles. The zero-order valence-electron chi connectivity index (χ0n) is 16.4. The number of hydrogen-bond acceptors (Lipinski definition) is 6. The Morgan fingerprint density at radius 2 is 1.00 bits per heavy atom. The second kappa shape index (κ2) is 9.99. The average Bonchev–Trinajstić information content (AvgIpc) is 2.43. The number of hydrogen-bond donors (Lipinski definition) is 0. The number of ether oxygens (including phenoxy) is 4. The molecular weight excluding hydrogens is 312 g/mol. The third kappa shape index (κ3) is 9.88. The van der Waals surface area contributed by atoms with E-state index < -0.39 is 35.3 Å². The van der Waals surface area contributed by atoms with E-state index in [2.05, 4.69) is 0 Å². The largest absolute Gasteiger partial charge is 0.464 e. The Morgan fingerprint density at radius 3 is 1.21 bits per heavy atom. The highest BCUT2D eigenvalue weighted by Crippen LogP contribution is 2.22. The minimum Gasteiger partial charge on any atom is -0.464 e. The Hall–Kier alpha value is -1.14. The second-order valence-electron chi connectivity index (χ2n) is 7.64. The van der Waals surface area contributed by atoms with Crippen LogP contribution in [0.1, 0.15) is 68.2 Å². The van der Waals surface area contributed by atoms with E-state index in [4.69, 9.17) is 18.9 Å². The van der Waals surface area contributed by atoms with Crippen LogP contribution in [-0.2, 0) is 28.5 Å². The zero-order chi connectivity index (χ0) is 19.0. The quantitative estimate of drug-likeness (QED) is 0.597.